The number of benzene rings is 1. The fourth-order valence-electron chi connectivity index (χ4n) is 1.11. The summed E-state index contributed by atoms with van der Waals surface area (Å²) in [6.07, 6.45) is 0. The molecule has 0 amide bonds. The number of anilines is 1. The molecular weight excluding hydrogens is 160 g/mol. The zero-order valence-electron chi connectivity index (χ0n) is 8.46. The lowest BCUT2D eigenvalue weighted by atomic mass is 10.1. The van der Waals surface area contributed by atoms with Crippen molar-refractivity contribution in [3.63, 3.8) is 0 Å². The second kappa shape index (κ2) is 3.99. The number of nitrogens with zero attached hydrogens (tertiary/aromatic N) is 1. The van der Waals surface area contributed by atoms with Crippen LogP contribution in [0.3, 0.4) is 0 Å². The largest absolute Gasteiger partial charge is 0.388 e. The minimum absolute atomic E-state index is 0.949. The van der Waals surface area contributed by atoms with E-state index in [0.29, 0.717) is 0 Å². The Morgan fingerprint density at radius 1 is 1.23 bits per heavy atom. The van der Waals surface area contributed by atoms with Gasteiger partial charge in [-0.15, -0.1) is 0 Å². The molecule has 0 fully saturated rings. The van der Waals surface area contributed by atoms with Crippen LogP contribution < -0.4 is 10.2 Å². The lowest BCUT2D eigenvalue weighted by molar-refractivity contribution is 1.12. The van der Waals surface area contributed by atoms with Gasteiger partial charge in [0, 0.05) is 32.5 Å². The zero-order chi connectivity index (χ0) is 9.84. The lowest BCUT2D eigenvalue weighted by Gasteiger charge is -2.13. The first-order valence-electron chi connectivity index (χ1n) is 4.29. The van der Waals surface area contributed by atoms with Gasteiger partial charge in [-0.25, -0.2) is 0 Å². The highest BCUT2D eigenvalue weighted by Gasteiger charge is 1.97. The van der Waals surface area contributed by atoms with Gasteiger partial charge in [0.25, 0.3) is 0 Å². The Labute approximate surface area is 79.9 Å². The average molecular weight is 176 g/mol. The summed E-state index contributed by atoms with van der Waals surface area (Å²) < 4.78 is 0. The normalized spacial score (nSPS) is 9.46. The van der Waals surface area contributed by atoms with E-state index in [1.54, 1.807) is 0 Å². The molecule has 70 valence electrons. The lowest BCUT2D eigenvalue weighted by Crippen LogP contribution is -2.08. The highest BCUT2D eigenvalue weighted by molar-refractivity contribution is 5.63. The van der Waals surface area contributed by atoms with Gasteiger partial charge in [-0.05, 0) is 17.7 Å². The molecule has 2 nitrogen and oxygen atoms in total. The Morgan fingerprint density at radius 3 is 2.15 bits per heavy atom. The van der Waals surface area contributed by atoms with Gasteiger partial charge < -0.3 is 10.2 Å². The summed E-state index contributed by atoms with van der Waals surface area (Å²) in [5, 5.41) is 3.02. The van der Waals surface area contributed by atoms with E-state index in [0.717, 1.165) is 11.3 Å². The monoisotopic (exact) mass is 176 g/mol. The maximum absolute atomic E-state index is 3.89. The molecule has 1 N–H and O–H groups in total. The molecule has 0 saturated heterocycles. The van der Waals surface area contributed by atoms with Crippen LogP contribution in [0, 0.1) is 0 Å². The molecule has 1 rings (SSSR count). The molecule has 13 heavy (non-hydrogen) atoms. The van der Waals surface area contributed by atoms with Crippen LogP contribution in [0.15, 0.2) is 30.8 Å². The summed E-state index contributed by atoms with van der Waals surface area (Å²) in [7, 11) is 5.94. The summed E-state index contributed by atoms with van der Waals surface area (Å²) in [5.41, 5.74) is 3.28. The Kier molecular flexibility index (Phi) is 2.96. The van der Waals surface area contributed by atoms with Crippen LogP contribution in [-0.4, -0.2) is 21.1 Å². The summed E-state index contributed by atoms with van der Waals surface area (Å²) in [5.74, 6) is 0. The molecule has 0 saturated carbocycles. The van der Waals surface area contributed by atoms with Crippen LogP contribution in [0.4, 0.5) is 5.69 Å². The quantitative estimate of drug-likeness (QED) is 0.757. The van der Waals surface area contributed by atoms with Crippen molar-refractivity contribution >= 4 is 11.4 Å². The van der Waals surface area contributed by atoms with Crippen molar-refractivity contribution < 1.29 is 0 Å². The Bertz CT molecular complexity index is 285. The first kappa shape index (κ1) is 9.65. The topological polar surface area (TPSA) is 15.3 Å². The minimum Gasteiger partial charge on any atom is -0.388 e. The summed E-state index contributed by atoms with van der Waals surface area (Å²) in [6, 6.07) is 8.29. The highest BCUT2D eigenvalue weighted by Crippen LogP contribution is 2.15. The van der Waals surface area contributed by atoms with E-state index in [1.165, 1.54) is 5.69 Å². The Morgan fingerprint density at radius 2 is 1.77 bits per heavy atom. The van der Waals surface area contributed by atoms with Crippen molar-refractivity contribution in [2.45, 2.75) is 0 Å². The zero-order valence-corrected chi connectivity index (χ0v) is 8.46. The second-order valence-electron chi connectivity index (χ2n) is 3.17. The summed E-state index contributed by atoms with van der Waals surface area (Å²) >= 11 is 0. The first-order chi connectivity index (χ1) is 6.15. The number of hydrogen-bond donors (Lipinski definition) is 1. The fourth-order valence-corrected chi connectivity index (χ4v) is 1.11. The predicted octanol–water partition coefficient (Wildman–Crippen LogP) is 1.94. The minimum atomic E-state index is 0.949. The van der Waals surface area contributed by atoms with E-state index < -0.39 is 0 Å². The van der Waals surface area contributed by atoms with Crippen molar-refractivity contribution in [3.8, 4) is 0 Å². The molecule has 0 aliphatic rings. The second-order valence-corrected chi connectivity index (χ2v) is 3.17. The van der Waals surface area contributed by atoms with Gasteiger partial charge in [-0.1, -0.05) is 18.7 Å². The van der Waals surface area contributed by atoms with Gasteiger partial charge in [-0.3, -0.25) is 0 Å². The molecule has 0 radical (unpaired) electrons. The Hall–Kier alpha value is -1.44. The molecule has 1 aromatic carbocycles. The van der Waals surface area contributed by atoms with Crippen LogP contribution in [-0.2, 0) is 0 Å². The van der Waals surface area contributed by atoms with Crippen LogP contribution >= 0.6 is 0 Å². The van der Waals surface area contributed by atoms with Crippen LogP contribution in [0.1, 0.15) is 5.56 Å². The van der Waals surface area contributed by atoms with Crippen LogP contribution in [0.25, 0.3) is 5.70 Å². The van der Waals surface area contributed by atoms with Gasteiger partial charge >= 0.3 is 0 Å². The molecule has 0 atom stereocenters. The van der Waals surface area contributed by atoms with E-state index in [9.17, 15) is 0 Å². The van der Waals surface area contributed by atoms with E-state index in [-0.39, 0.29) is 0 Å². The molecule has 2 heteroatoms. The van der Waals surface area contributed by atoms with Crippen molar-refractivity contribution in [2.75, 3.05) is 26.0 Å². The molecule has 1 aromatic rings. The molecule has 0 spiro atoms. The third-order valence-electron chi connectivity index (χ3n) is 2.03. The van der Waals surface area contributed by atoms with E-state index >= 15 is 0 Å². The number of nitrogens with one attached hydrogen (secondary N) is 1. The van der Waals surface area contributed by atoms with Crippen molar-refractivity contribution in [1.29, 1.82) is 0 Å². The first-order valence-corrected chi connectivity index (χ1v) is 4.29. The predicted molar refractivity (Wildman–Crippen MR) is 58.9 cm³/mol. The molecule has 0 bridgehead atoms. The third kappa shape index (κ3) is 2.25. The molecule has 0 heterocycles. The van der Waals surface area contributed by atoms with Crippen LogP contribution in [0.5, 0.6) is 0 Å². The number of rotatable bonds is 3. The van der Waals surface area contributed by atoms with Gasteiger partial charge in [0.2, 0.25) is 0 Å². The van der Waals surface area contributed by atoms with Gasteiger partial charge in [0.15, 0.2) is 0 Å². The number of hydrogen-bond acceptors (Lipinski definition) is 2. The molecule has 0 aliphatic heterocycles. The van der Waals surface area contributed by atoms with E-state index in [4.69, 9.17) is 0 Å². The summed E-state index contributed by atoms with van der Waals surface area (Å²) in [6.45, 7) is 3.89. The van der Waals surface area contributed by atoms with Crippen molar-refractivity contribution in [2.24, 2.45) is 0 Å². The van der Waals surface area contributed by atoms with Crippen molar-refractivity contribution in [1.82, 2.24) is 5.32 Å². The standard InChI is InChI=1S/C11H16N2/c1-9(12-2)10-5-7-11(8-6-10)13(3)4/h5-8,12H,1H2,2-4H3. The van der Waals surface area contributed by atoms with Crippen molar-refractivity contribution in [3.05, 3.63) is 36.4 Å². The SMILES string of the molecule is C=C(NC)c1ccc(N(C)C)cc1. The van der Waals surface area contributed by atoms with Crippen LogP contribution in [0.2, 0.25) is 0 Å². The molecule has 0 aliphatic carbocycles. The molecule has 0 unspecified atom stereocenters. The highest BCUT2D eigenvalue weighted by atomic mass is 15.1. The fraction of sp³-hybridized carbons (Fsp3) is 0.273. The third-order valence-corrected chi connectivity index (χ3v) is 2.03. The summed E-state index contributed by atoms with van der Waals surface area (Å²) in [4.78, 5) is 2.08. The van der Waals surface area contributed by atoms with E-state index in [2.05, 4.69) is 41.1 Å². The Balaban J connectivity index is 2.87. The van der Waals surface area contributed by atoms with Gasteiger partial charge in [0.05, 0.1) is 0 Å². The van der Waals surface area contributed by atoms with Gasteiger partial charge in [0.1, 0.15) is 0 Å². The maximum Gasteiger partial charge on any atom is 0.0361 e. The smallest absolute Gasteiger partial charge is 0.0361 e. The molecule has 0 aromatic heterocycles. The van der Waals surface area contributed by atoms with E-state index in [1.807, 2.05) is 21.1 Å². The molecular formula is C11H16N2. The van der Waals surface area contributed by atoms with Gasteiger partial charge in [-0.2, -0.15) is 0 Å². The maximum atomic E-state index is 3.89. The average Bonchev–Trinajstić information content (AvgIpc) is 2.17.